The van der Waals surface area contributed by atoms with E-state index in [9.17, 15) is 5.11 Å². The molecule has 2 rings (SSSR count). The van der Waals surface area contributed by atoms with Crippen LogP contribution in [0.2, 0.25) is 0 Å². The maximum Gasteiger partial charge on any atom is 0.222 e. The van der Waals surface area contributed by atoms with Gasteiger partial charge in [0.25, 0.3) is 0 Å². The molecule has 1 aromatic carbocycles. The molecule has 0 unspecified atom stereocenters. The summed E-state index contributed by atoms with van der Waals surface area (Å²) in [5.74, 6) is 1.42. The smallest absolute Gasteiger partial charge is 0.222 e. The van der Waals surface area contributed by atoms with Gasteiger partial charge >= 0.3 is 0 Å². The molecule has 1 atom stereocenters. The van der Waals surface area contributed by atoms with E-state index in [-0.39, 0.29) is 32.1 Å². The van der Waals surface area contributed by atoms with E-state index in [1.54, 1.807) is 6.20 Å². The lowest BCUT2D eigenvalue weighted by Crippen LogP contribution is -2.22. The molecule has 0 radical (unpaired) electrons. The van der Waals surface area contributed by atoms with Crippen LogP contribution < -0.4 is 15.8 Å². The van der Waals surface area contributed by atoms with Gasteiger partial charge < -0.3 is 20.9 Å². The van der Waals surface area contributed by atoms with Crippen molar-refractivity contribution in [1.29, 1.82) is 0 Å². The number of nitrogens with two attached hydrogens (primary N) is 1. The Bertz CT molecular complexity index is 643. The van der Waals surface area contributed by atoms with Crippen LogP contribution in [0.15, 0.2) is 36.5 Å². The van der Waals surface area contributed by atoms with Gasteiger partial charge in [-0.1, -0.05) is 50.1 Å². The molecule has 1 aromatic heterocycles. The van der Waals surface area contributed by atoms with Crippen LogP contribution in [0.25, 0.3) is 0 Å². The number of anilines is 2. The average Bonchev–Trinajstić information content (AvgIpc) is 2.65. The highest BCUT2D eigenvalue weighted by atomic mass is 32.1. The standard InChI is InChI=1S/C20H30N4O2.H2S/c1-2-3-11-17(12-13-25)23-19-18(15-22-20(21)24-19)26-14-7-10-16-8-5-4-6-9-16;/h4-6,8-9,15,17,25H,2-3,7,10-14H2,1H3,(H3,21,22,23,24);1H2/t17-;/m0./s1. The minimum Gasteiger partial charge on any atom is -0.488 e. The zero-order chi connectivity index (χ0) is 18.6. The highest BCUT2D eigenvalue weighted by Crippen LogP contribution is 2.24. The lowest BCUT2D eigenvalue weighted by Gasteiger charge is -2.20. The summed E-state index contributed by atoms with van der Waals surface area (Å²) < 4.78 is 5.89. The number of hydrogen-bond donors (Lipinski definition) is 3. The van der Waals surface area contributed by atoms with Crippen LogP contribution >= 0.6 is 13.5 Å². The number of nitrogens with zero attached hydrogens (tertiary/aromatic N) is 2. The molecule has 1 heterocycles. The van der Waals surface area contributed by atoms with Crippen molar-refractivity contribution in [2.75, 3.05) is 24.3 Å². The first-order chi connectivity index (χ1) is 12.7. The number of unbranched alkanes of at least 4 members (excludes halogenated alkanes) is 1. The molecular weight excluding hydrogens is 360 g/mol. The average molecular weight is 393 g/mol. The predicted octanol–water partition coefficient (Wildman–Crippen LogP) is 3.54. The van der Waals surface area contributed by atoms with Gasteiger partial charge in [-0.2, -0.15) is 18.5 Å². The number of ether oxygens (including phenoxy) is 1. The fourth-order valence-corrected chi connectivity index (χ4v) is 2.78. The first kappa shape index (κ1) is 23.0. The van der Waals surface area contributed by atoms with Crippen LogP contribution in [0, 0.1) is 0 Å². The van der Waals surface area contributed by atoms with Crippen LogP contribution in [0.1, 0.15) is 44.6 Å². The fourth-order valence-electron chi connectivity index (χ4n) is 2.78. The summed E-state index contributed by atoms with van der Waals surface area (Å²) in [6, 6.07) is 10.5. The van der Waals surface area contributed by atoms with Gasteiger partial charge in [-0.25, -0.2) is 4.98 Å². The largest absolute Gasteiger partial charge is 0.488 e. The minimum absolute atomic E-state index is 0. The summed E-state index contributed by atoms with van der Waals surface area (Å²) in [6.45, 7) is 2.87. The van der Waals surface area contributed by atoms with Gasteiger partial charge in [-0.3, -0.25) is 0 Å². The number of nitrogens with one attached hydrogen (secondary N) is 1. The number of aliphatic hydroxyl groups excluding tert-OH is 1. The maximum absolute atomic E-state index is 9.29. The Morgan fingerprint density at radius 3 is 2.67 bits per heavy atom. The summed E-state index contributed by atoms with van der Waals surface area (Å²) in [4.78, 5) is 8.33. The van der Waals surface area contributed by atoms with Gasteiger partial charge in [0.15, 0.2) is 11.6 Å². The van der Waals surface area contributed by atoms with Crippen molar-refractivity contribution >= 4 is 25.3 Å². The number of hydrogen-bond acceptors (Lipinski definition) is 6. The van der Waals surface area contributed by atoms with Crippen molar-refractivity contribution in [3.05, 3.63) is 42.1 Å². The quantitative estimate of drug-likeness (QED) is 0.479. The van der Waals surface area contributed by atoms with E-state index in [1.165, 1.54) is 5.56 Å². The minimum atomic E-state index is 0. The Morgan fingerprint density at radius 2 is 1.96 bits per heavy atom. The summed E-state index contributed by atoms with van der Waals surface area (Å²) in [5.41, 5.74) is 7.04. The first-order valence-corrected chi connectivity index (χ1v) is 9.39. The SMILES string of the molecule is CCCC[C@@H](CCO)Nc1nc(N)ncc1OCCCc1ccccc1.S. The zero-order valence-corrected chi connectivity index (χ0v) is 17.0. The molecule has 0 amide bonds. The molecule has 6 nitrogen and oxygen atoms in total. The monoisotopic (exact) mass is 392 g/mol. The number of aryl methyl sites for hydroxylation is 1. The second kappa shape index (κ2) is 13.2. The molecule has 2 aromatic rings. The van der Waals surface area contributed by atoms with Crippen LogP contribution in [0.3, 0.4) is 0 Å². The highest BCUT2D eigenvalue weighted by molar-refractivity contribution is 7.59. The van der Waals surface area contributed by atoms with Gasteiger partial charge in [-0.15, -0.1) is 0 Å². The van der Waals surface area contributed by atoms with Gasteiger partial charge in [-0.05, 0) is 31.2 Å². The van der Waals surface area contributed by atoms with Gasteiger partial charge in [0, 0.05) is 12.6 Å². The predicted molar refractivity (Wildman–Crippen MR) is 116 cm³/mol. The topological polar surface area (TPSA) is 93.3 Å². The summed E-state index contributed by atoms with van der Waals surface area (Å²) >= 11 is 0. The van der Waals surface area contributed by atoms with Crippen LogP contribution in [0.5, 0.6) is 5.75 Å². The third kappa shape index (κ3) is 8.49. The van der Waals surface area contributed by atoms with Crippen molar-refractivity contribution < 1.29 is 9.84 Å². The van der Waals surface area contributed by atoms with Crippen molar-refractivity contribution in [3.63, 3.8) is 0 Å². The molecular formula is C20H32N4O2S. The fraction of sp³-hybridized carbons (Fsp3) is 0.500. The summed E-state index contributed by atoms with van der Waals surface area (Å²) in [5, 5.41) is 12.7. The number of aliphatic hydroxyl groups is 1. The highest BCUT2D eigenvalue weighted by Gasteiger charge is 2.13. The van der Waals surface area contributed by atoms with Crippen LogP contribution in [-0.4, -0.2) is 34.3 Å². The van der Waals surface area contributed by atoms with E-state index in [0.29, 0.717) is 24.6 Å². The summed E-state index contributed by atoms with van der Waals surface area (Å²) in [7, 11) is 0. The Morgan fingerprint density at radius 1 is 1.19 bits per heavy atom. The second-order valence-corrected chi connectivity index (χ2v) is 6.37. The van der Waals surface area contributed by atoms with E-state index in [1.807, 2.05) is 18.2 Å². The second-order valence-electron chi connectivity index (χ2n) is 6.37. The molecule has 0 bridgehead atoms. The van der Waals surface area contributed by atoms with E-state index in [0.717, 1.165) is 32.1 Å². The van der Waals surface area contributed by atoms with E-state index < -0.39 is 0 Å². The van der Waals surface area contributed by atoms with E-state index in [2.05, 4.69) is 34.3 Å². The number of aromatic nitrogens is 2. The van der Waals surface area contributed by atoms with Crippen LogP contribution in [-0.2, 0) is 6.42 Å². The molecule has 0 aliphatic heterocycles. The molecule has 0 spiro atoms. The Balaban J connectivity index is 0.00000364. The van der Waals surface area contributed by atoms with Gasteiger partial charge in [0.05, 0.1) is 12.8 Å². The first-order valence-electron chi connectivity index (χ1n) is 9.39. The Kier molecular flexibility index (Phi) is 11.3. The normalized spacial score (nSPS) is 11.5. The molecule has 0 fully saturated rings. The molecule has 0 aliphatic carbocycles. The molecule has 0 saturated heterocycles. The number of benzene rings is 1. The molecule has 27 heavy (non-hydrogen) atoms. The Hall–Kier alpha value is -1.99. The summed E-state index contributed by atoms with van der Waals surface area (Å²) in [6.07, 6.45) is 7.31. The molecule has 150 valence electrons. The van der Waals surface area contributed by atoms with E-state index >= 15 is 0 Å². The Labute approximate surface area is 169 Å². The lowest BCUT2D eigenvalue weighted by atomic mass is 10.1. The van der Waals surface area contributed by atoms with Crippen molar-refractivity contribution in [2.45, 2.75) is 51.5 Å². The zero-order valence-electron chi connectivity index (χ0n) is 16.0. The molecule has 0 aliphatic rings. The van der Waals surface area contributed by atoms with Gasteiger partial charge in [0.1, 0.15) is 0 Å². The third-order valence-corrected chi connectivity index (χ3v) is 4.21. The van der Waals surface area contributed by atoms with E-state index in [4.69, 9.17) is 10.5 Å². The van der Waals surface area contributed by atoms with Crippen molar-refractivity contribution in [3.8, 4) is 5.75 Å². The van der Waals surface area contributed by atoms with Gasteiger partial charge in [0.2, 0.25) is 5.95 Å². The van der Waals surface area contributed by atoms with Crippen molar-refractivity contribution in [1.82, 2.24) is 9.97 Å². The van der Waals surface area contributed by atoms with Crippen LogP contribution in [0.4, 0.5) is 11.8 Å². The maximum atomic E-state index is 9.29. The molecule has 7 heteroatoms. The van der Waals surface area contributed by atoms with Crippen molar-refractivity contribution in [2.24, 2.45) is 0 Å². The lowest BCUT2D eigenvalue weighted by molar-refractivity contribution is 0.275. The third-order valence-electron chi connectivity index (χ3n) is 4.21. The molecule has 4 N–H and O–H groups in total. The molecule has 0 saturated carbocycles. The number of nitrogen functional groups attached to an aromatic ring is 1. The number of rotatable bonds is 12.